The number of nitrogens with one attached hydrogen (secondary N) is 1. The van der Waals surface area contributed by atoms with Gasteiger partial charge < -0.3 is 4.55 Å². The molecule has 1 rings (SSSR count). The van der Waals surface area contributed by atoms with E-state index < -0.39 is 10.3 Å². The number of rotatable bonds is 4. The molecule has 1 atom stereocenters. The standard InChI is InChI=1S/C6H11N3O3S2.Na/c1-3-4(2)5-7-8-6(13-5)9-14(10,11)12;/h4H,3H2,1-2H3,(H,8,9)(H,10,11,12);/q;+1/p-1. The first-order valence-corrected chi connectivity index (χ1v) is 6.22. The van der Waals surface area contributed by atoms with Crippen LogP contribution in [-0.2, 0) is 10.3 Å². The Morgan fingerprint density at radius 3 is 2.60 bits per heavy atom. The van der Waals surface area contributed by atoms with Gasteiger partial charge in [0.15, 0.2) is 10.3 Å². The summed E-state index contributed by atoms with van der Waals surface area (Å²) in [5.41, 5.74) is 0. The first-order valence-electron chi connectivity index (χ1n) is 3.99. The molecule has 1 heterocycles. The molecule has 80 valence electrons. The normalized spacial score (nSPS) is 13.0. The zero-order valence-electron chi connectivity index (χ0n) is 8.72. The van der Waals surface area contributed by atoms with E-state index in [1.165, 1.54) is 0 Å². The molecule has 0 fully saturated rings. The van der Waals surface area contributed by atoms with E-state index in [4.69, 9.17) is 0 Å². The van der Waals surface area contributed by atoms with Crippen molar-refractivity contribution in [2.24, 2.45) is 0 Å². The third-order valence-corrected chi connectivity index (χ3v) is 3.33. The number of aromatic nitrogens is 2. The molecule has 0 spiro atoms. The predicted octanol–water partition coefficient (Wildman–Crippen LogP) is -2.07. The number of hydrogen-bond donors (Lipinski definition) is 1. The smallest absolute Gasteiger partial charge is 0.731 e. The van der Waals surface area contributed by atoms with Crippen LogP contribution in [0.3, 0.4) is 0 Å². The molecule has 0 aliphatic rings. The third kappa shape index (κ3) is 5.23. The van der Waals surface area contributed by atoms with Gasteiger partial charge in [0, 0.05) is 5.92 Å². The average Bonchev–Trinajstić information content (AvgIpc) is 2.48. The minimum atomic E-state index is -4.49. The van der Waals surface area contributed by atoms with Crippen LogP contribution >= 0.6 is 11.3 Å². The molecule has 0 aliphatic heterocycles. The van der Waals surface area contributed by atoms with Gasteiger partial charge in [-0.25, -0.2) is 8.42 Å². The van der Waals surface area contributed by atoms with Crippen LogP contribution in [0, 0.1) is 0 Å². The van der Waals surface area contributed by atoms with E-state index in [0.717, 1.165) is 22.8 Å². The Morgan fingerprint density at radius 2 is 2.13 bits per heavy atom. The number of nitrogens with zero attached hydrogens (tertiary/aromatic N) is 2. The molecule has 0 bridgehead atoms. The first-order chi connectivity index (χ1) is 6.42. The fourth-order valence-electron chi connectivity index (χ4n) is 0.757. The van der Waals surface area contributed by atoms with E-state index in [9.17, 15) is 13.0 Å². The Labute approximate surface area is 115 Å². The summed E-state index contributed by atoms with van der Waals surface area (Å²) >= 11 is 1.08. The van der Waals surface area contributed by atoms with Gasteiger partial charge in [-0.05, 0) is 6.42 Å². The Balaban J connectivity index is 0.00000196. The largest absolute Gasteiger partial charge is 1.00 e. The second-order valence-corrected chi connectivity index (χ2v) is 4.93. The molecule has 0 aromatic carbocycles. The van der Waals surface area contributed by atoms with Crippen molar-refractivity contribution in [1.29, 1.82) is 0 Å². The maximum atomic E-state index is 10.3. The van der Waals surface area contributed by atoms with Crippen LogP contribution in [0.2, 0.25) is 0 Å². The molecule has 1 unspecified atom stereocenters. The van der Waals surface area contributed by atoms with Crippen LogP contribution in [0.4, 0.5) is 5.13 Å². The SMILES string of the molecule is CCC(C)c1nnc(NS(=O)(=O)[O-])s1.[Na+]. The van der Waals surface area contributed by atoms with Crippen molar-refractivity contribution in [2.75, 3.05) is 4.72 Å². The summed E-state index contributed by atoms with van der Waals surface area (Å²) in [6, 6.07) is 0. The van der Waals surface area contributed by atoms with E-state index in [1.807, 2.05) is 13.8 Å². The van der Waals surface area contributed by atoms with Crippen molar-refractivity contribution in [1.82, 2.24) is 10.2 Å². The summed E-state index contributed by atoms with van der Waals surface area (Å²) in [4.78, 5) is 0. The monoisotopic (exact) mass is 259 g/mol. The summed E-state index contributed by atoms with van der Waals surface area (Å²) in [5.74, 6) is 0.220. The predicted molar refractivity (Wildman–Crippen MR) is 51.9 cm³/mol. The molecule has 9 heteroatoms. The maximum Gasteiger partial charge on any atom is 1.00 e. The summed E-state index contributed by atoms with van der Waals surface area (Å²) in [7, 11) is -4.49. The van der Waals surface area contributed by atoms with Crippen molar-refractivity contribution in [3.8, 4) is 0 Å². The van der Waals surface area contributed by atoms with E-state index in [1.54, 1.807) is 4.72 Å². The topological polar surface area (TPSA) is 95.0 Å². The van der Waals surface area contributed by atoms with Gasteiger partial charge >= 0.3 is 29.6 Å². The molecule has 1 aromatic heterocycles. The Hall–Kier alpha value is 0.270. The molecule has 0 radical (unpaired) electrons. The number of anilines is 1. The minimum Gasteiger partial charge on any atom is -0.731 e. The molecule has 1 aromatic rings. The molecule has 0 aliphatic carbocycles. The average molecular weight is 259 g/mol. The van der Waals surface area contributed by atoms with E-state index in [0.29, 0.717) is 0 Å². The molecule has 0 saturated heterocycles. The van der Waals surface area contributed by atoms with Crippen LogP contribution in [0.25, 0.3) is 0 Å². The summed E-state index contributed by atoms with van der Waals surface area (Å²) in [6.45, 7) is 3.94. The summed E-state index contributed by atoms with van der Waals surface area (Å²) in [5, 5.41) is 8.07. The molecule has 6 nitrogen and oxygen atoms in total. The third-order valence-electron chi connectivity index (χ3n) is 1.69. The van der Waals surface area contributed by atoms with Gasteiger partial charge in [-0.3, -0.25) is 4.72 Å². The fourth-order valence-corrected chi connectivity index (χ4v) is 2.21. The summed E-state index contributed by atoms with van der Waals surface area (Å²) in [6.07, 6.45) is 0.888. The first kappa shape index (κ1) is 15.3. The molecular weight excluding hydrogens is 249 g/mol. The fraction of sp³-hybridized carbons (Fsp3) is 0.667. The Bertz CT molecular complexity index is 406. The van der Waals surface area contributed by atoms with Gasteiger partial charge in [0.05, 0.1) is 0 Å². The Morgan fingerprint density at radius 1 is 1.53 bits per heavy atom. The second kappa shape index (κ2) is 6.12. The van der Waals surface area contributed by atoms with Crippen molar-refractivity contribution in [3.63, 3.8) is 0 Å². The van der Waals surface area contributed by atoms with Gasteiger partial charge in [-0.15, -0.1) is 10.2 Å². The quantitative estimate of drug-likeness (QED) is 0.495. The second-order valence-electron chi connectivity index (χ2n) is 2.81. The maximum absolute atomic E-state index is 10.3. The molecule has 1 N–H and O–H groups in total. The van der Waals surface area contributed by atoms with Crippen molar-refractivity contribution in [3.05, 3.63) is 5.01 Å². The van der Waals surface area contributed by atoms with Crippen LogP contribution in [0.15, 0.2) is 0 Å². The van der Waals surface area contributed by atoms with E-state index in [2.05, 4.69) is 10.2 Å². The van der Waals surface area contributed by atoms with Gasteiger partial charge in [-0.1, -0.05) is 25.2 Å². The van der Waals surface area contributed by atoms with Gasteiger partial charge in [0.25, 0.3) is 0 Å². The van der Waals surface area contributed by atoms with Crippen LogP contribution < -0.4 is 34.3 Å². The molecule has 15 heavy (non-hydrogen) atoms. The van der Waals surface area contributed by atoms with Crippen LogP contribution in [0.1, 0.15) is 31.2 Å². The van der Waals surface area contributed by atoms with Crippen molar-refractivity contribution >= 4 is 26.8 Å². The van der Waals surface area contributed by atoms with E-state index >= 15 is 0 Å². The molecule has 0 saturated carbocycles. The van der Waals surface area contributed by atoms with Crippen LogP contribution in [-0.4, -0.2) is 23.2 Å². The summed E-state index contributed by atoms with van der Waals surface area (Å²) < 4.78 is 32.7. The van der Waals surface area contributed by atoms with Gasteiger partial charge in [0.1, 0.15) is 5.01 Å². The van der Waals surface area contributed by atoms with Crippen molar-refractivity contribution < 1.29 is 42.5 Å². The van der Waals surface area contributed by atoms with Gasteiger partial charge in [-0.2, -0.15) is 0 Å². The van der Waals surface area contributed by atoms with Crippen molar-refractivity contribution in [2.45, 2.75) is 26.2 Å². The zero-order chi connectivity index (χ0) is 10.8. The van der Waals surface area contributed by atoms with E-state index in [-0.39, 0.29) is 40.6 Å². The molecular formula is C6H10N3NaO3S2. The molecule has 0 amide bonds. The minimum absolute atomic E-state index is 0. The zero-order valence-corrected chi connectivity index (χ0v) is 12.4. The number of hydrogen-bond acceptors (Lipinski definition) is 6. The Kier molecular flexibility index (Phi) is 6.23. The van der Waals surface area contributed by atoms with Crippen LogP contribution in [0.5, 0.6) is 0 Å². The van der Waals surface area contributed by atoms with Gasteiger partial charge in [0.2, 0.25) is 5.13 Å².